The fraction of sp³-hybridized carbons (Fsp3) is 0.571. The van der Waals surface area contributed by atoms with Crippen molar-refractivity contribution in [2.45, 2.75) is 92.6 Å². The van der Waals surface area contributed by atoms with E-state index in [1.807, 2.05) is 13.0 Å². The van der Waals surface area contributed by atoms with E-state index in [0.29, 0.717) is 5.75 Å². The maximum Gasteiger partial charge on any atom is 0.308 e. The SMILES string of the molecule is CCC(CC)(c1ccc(CCC(O)C(C)(C)C)c(C)c1)c1ccc(OS(=O)(=O)CC)c(C)c1. The first-order valence-electron chi connectivity index (χ1n) is 12.1. The summed E-state index contributed by atoms with van der Waals surface area (Å²) < 4.78 is 29.1. The van der Waals surface area contributed by atoms with Crippen LogP contribution in [-0.2, 0) is 22.0 Å². The molecule has 1 N–H and O–H groups in total. The van der Waals surface area contributed by atoms with Gasteiger partial charge in [0.2, 0.25) is 0 Å². The summed E-state index contributed by atoms with van der Waals surface area (Å²) in [6.45, 7) is 16.2. The monoisotopic (exact) mass is 474 g/mol. The molecule has 33 heavy (non-hydrogen) atoms. The van der Waals surface area contributed by atoms with E-state index in [0.717, 1.165) is 31.2 Å². The fourth-order valence-corrected chi connectivity index (χ4v) is 5.05. The van der Waals surface area contributed by atoms with Crippen LogP contribution in [0, 0.1) is 19.3 Å². The molecule has 0 aromatic heterocycles. The van der Waals surface area contributed by atoms with Crippen LogP contribution in [0.1, 0.15) is 88.6 Å². The first-order valence-corrected chi connectivity index (χ1v) is 13.7. The van der Waals surface area contributed by atoms with E-state index in [2.05, 4.69) is 65.8 Å². The van der Waals surface area contributed by atoms with Gasteiger partial charge in [-0.25, -0.2) is 0 Å². The number of aryl methyl sites for hydroxylation is 3. The van der Waals surface area contributed by atoms with Gasteiger partial charge in [0.1, 0.15) is 5.75 Å². The number of benzene rings is 2. The number of hydrogen-bond acceptors (Lipinski definition) is 4. The fourth-order valence-electron chi connectivity index (χ4n) is 4.47. The Morgan fingerprint density at radius 3 is 1.91 bits per heavy atom. The predicted octanol–water partition coefficient (Wildman–Crippen LogP) is 6.48. The average Bonchev–Trinajstić information content (AvgIpc) is 2.75. The van der Waals surface area contributed by atoms with E-state index in [1.165, 1.54) is 22.3 Å². The highest BCUT2D eigenvalue weighted by molar-refractivity contribution is 7.87. The summed E-state index contributed by atoms with van der Waals surface area (Å²) in [6.07, 6.45) is 3.13. The summed E-state index contributed by atoms with van der Waals surface area (Å²) in [5, 5.41) is 10.4. The summed E-state index contributed by atoms with van der Waals surface area (Å²) in [5.41, 5.74) is 5.48. The molecule has 0 saturated carbocycles. The van der Waals surface area contributed by atoms with Crippen LogP contribution in [0.5, 0.6) is 5.75 Å². The lowest BCUT2D eigenvalue weighted by Crippen LogP contribution is -2.27. The Balaban J connectivity index is 2.39. The Bertz CT molecular complexity index is 1040. The van der Waals surface area contributed by atoms with Crippen LogP contribution in [0.3, 0.4) is 0 Å². The molecule has 0 fully saturated rings. The molecule has 184 valence electrons. The van der Waals surface area contributed by atoms with Crippen LogP contribution >= 0.6 is 0 Å². The third-order valence-electron chi connectivity index (χ3n) is 7.09. The highest BCUT2D eigenvalue weighted by atomic mass is 32.2. The third-order valence-corrected chi connectivity index (χ3v) is 8.23. The smallest absolute Gasteiger partial charge is 0.308 e. The molecule has 2 aromatic carbocycles. The molecule has 0 aliphatic carbocycles. The number of hydrogen-bond donors (Lipinski definition) is 1. The molecule has 0 amide bonds. The second-order valence-electron chi connectivity index (χ2n) is 10.3. The molecule has 0 radical (unpaired) electrons. The zero-order chi connectivity index (χ0) is 25.0. The van der Waals surface area contributed by atoms with Gasteiger partial charge < -0.3 is 9.29 Å². The Kier molecular flexibility index (Phi) is 8.80. The van der Waals surface area contributed by atoms with E-state index in [1.54, 1.807) is 13.0 Å². The van der Waals surface area contributed by atoms with Crippen molar-refractivity contribution in [2.24, 2.45) is 5.41 Å². The zero-order valence-corrected chi connectivity index (χ0v) is 22.5. The number of rotatable bonds is 10. The van der Waals surface area contributed by atoms with Crippen LogP contribution < -0.4 is 4.18 Å². The van der Waals surface area contributed by atoms with E-state index < -0.39 is 10.1 Å². The van der Waals surface area contributed by atoms with Gasteiger partial charge in [-0.3, -0.25) is 0 Å². The van der Waals surface area contributed by atoms with E-state index in [9.17, 15) is 13.5 Å². The maximum absolute atomic E-state index is 11.9. The molecule has 0 saturated heterocycles. The van der Waals surface area contributed by atoms with Gasteiger partial charge in [-0.05, 0) is 85.8 Å². The van der Waals surface area contributed by atoms with Gasteiger partial charge in [0.25, 0.3) is 0 Å². The molecule has 1 atom stereocenters. The van der Waals surface area contributed by atoms with Crippen molar-refractivity contribution in [3.8, 4) is 5.75 Å². The summed E-state index contributed by atoms with van der Waals surface area (Å²) >= 11 is 0. The highest BCUT2D eigenvalue weighted by Gasteiger charge is 2.32. The second-order valence-corrected chi connectivity index (χ2v) is 12.1. The topological polar surface area (TPSA) is 63.6 Å². The molecule has 2 rings (SSSR count). The molecule has 0 aliphatic rings. The molecule has 1 unspecified atom stereocenters. The standard InChI is InChI=1S/C28H42O4S/c1-9-28(10-2,24-15-16-25(21(5)19-24)32-33(30,31)11-3)23-14-12-22(20(4)18-23)13-17-26(29)27(6,7)8/h12,14-16,18-19,26,29H,9-11,13,17H2,1-8H3. The van der Waals surface area contributed by atoms with Crippen LogP contribution in [0.4, 0.5) is 0 Å². The summed E-state index contributed by atoms with van der Waals surface area (Å²) in [4.78, 5) is 0. The van der Waals surface area contributed by atoms with Crippen molar-refractivity contribution >= 4 is 10.1 Å². The third kappa shape index (κ3) is 6.39. The lowest BCUT2D eigenvalue weighted by atomic mass is 9.69. The quantitative estimate of drug-likeness (QED) is 0.400. The molecule has 0 spiro atoms. The normalized spacial score (nSPS) is 13.7. The minimum atomic E-state index is -3.56. The van der Waals surface area contributed by atoms with Gasteiger partial charge in [-0.2, -0.15) is 8.42 Å². The molecule has 0 bridgehead atoms. The maximum atomic E-state index is 11.9. The molecule has 2 aromatic rings. The first-order chi connectivity index (χ1) is 15.3. The largest absolute Gasteiger partial charge is 0.393 e. The van der Waals surface area contributed by atoms with Crippen molar-refractivity contribution in [3.05, 3.63) is 64.2 Å². The minimum Gasteiger partial charge on any atom is -0.393 e. The lowest BCUT2D eigenvalue weighted by molar-refractivity contribution is 0.0560. The van der Waals surface area contributed by atoms with Crippen molar-refractivity contribution < 1.29 is 17.7 Å². The Morgan fingerprint density at radius 2 is 1.45 bits per heavy atom. The molecule has 0 aliphatic heterocycles. The Hall–Kier alpha value is -1.85. The van der Waals surface area contributed by atoms with Crippen LogP contribution in [0.2, 0.25) is 0 Å². The minimum absolute atomic E-state index is 0.0551. The Morgan fingerprint density at radius 1 is 0.909 bits per heavy atom. The molecule has 5 heteroatoms. The average molecular weight is 475 g/mol. The highest BCUT2D eigenvalue weighted by Crippen LogP contribution is 2.41. The summed E-state index contributed by atoms with van der Waals surface area (Å²) in [5.74, 6) is 0.339. The number of aliphatic hydroxyl groups is 1. The first kappa shape index (κ1) is 27.4. The summed E-state index contributed by atoms with van der Waals surface area (Å²) in [7, 11) is -3.56. The molecular formula is C28H42O4S. The van der Waals surface area contributed by atoms with Gasteiger partial charge >= 0.3 is 10.1 Å². The lowest BCUT2D eigenvalue weighted by Gasteiger charge is -2.34. The van der Waals surface area contributed by atoms with Gasteiger partial charge in [0.05, 0.1) is 11.9 Å². The Labute approximate surface area is 201 Å². The summed E-state index contributed by atoms with van der Waals surface area (Å²) in [6, 6.07) is 12.6. The molecule has 4 nitrogen and oxygen atoms in total. The van der Waals surface area contributed by atoms with Gasteiger partial charge in [0.15, 0.2) is 0 Å². The second kappa shape index (κ2) is 10.6. The van der Waals surface area contributed by atoms with Crippen molar-refractivity contribution in [2.75, 3.05) is 5.75 Å². The number of aliphatic hydroxyl groups excluding tert-OH is 1. The predicted molar refractivity (Wildman–Crippen MR) is 138 cm³/mol. The molecule has 0 heterocycles. The van der Waals surface area contributed by atoms with Gasteiger partial charge in [-0.1, -0.05) is 65.0 Å². The van der Waals surface area contributed by atoms with Crippen LogP contribution in [-0.4, -0.2) is 25.4 Å². The van der Waals surface area contributed by atoms with E-state index in [4.69, 9.17) is 4.18 Å². The zero-order valence-electron chi connectivity index (χ0n) is 21.7. The van der Waals surface area contributed by atoms with Crippen LogP contribution in [0.25, 0.3) is 0 Å². The van der Waals surface area contributed by atoms with Crippen molar-refractivity contribution in [1.82, 2.24) is 0 Å². The van der Waals surface area contributed by atoms with E-state index >= 15 is 0 Å². The van der Waals surface area contributed by atoms with Gasteiger partial charge in [0, 0.05) is 5.41 Å². The van der Waals surface area contributed by atoms with Crippen molar-refractivity contribution in [1.29, 1.82) is 0 Å². The van der Waals surface area contributed by atoms with Gasteiger partial charge in [-0.15, -0.1) is 0 Å². The van der Waals surface area contributed by atoms with E-state index in [-0.39, 0.29) is 22.7 Å². The molecular weight excluding hydrogens is 432 g/mol. The van der Waals surface area contributed by atoms with Crippen molar-refractivity contribution in [3.63, 3.8) is 0 Å². The van der Waals surface area contributed by atoms with Crippen LogP contribution in [0.15, 0.2) is 36.4 Å².